The van der Waals surface area contributed by atoms with E-state index >= 15 is 0 Å². The number of hydrogen-bond acceptors (Lipinski definition) is 5. The van der Waals surface area contributed by atoms with Crippen molar-refractivity contribution in [2.24, 2.45) is 34.7 Å². The highest BCUT2D eigenvalue weighted by Crippen LogP contribution is 2.53. The molecule has 3 aliphatic rings. The van der Waals surface area contributed by atoms with Gasteiger partial charge in [0.2, 0.25) is 21.8 Å². The van der Waals surface area contributed by atoms with E-state index in [9.17, 15) is 22.8 Å². The van der Waals surface area contributed by atoms with E-state index in [1.807, 2.05) is 26.0 Å². The lowest BCUT2D eigenvalue weighted by Crippen LogP contribution is -2.47. The van der Waals surface area contributed by atoms with Gasteiger partial charge in [0.05, 0.1) is 22.8 Å². The quantitative estimate of drug-likeness (QED) is 0.522. The summed E-state index contributed by atoms with van der Waals surface area (Å²) in [5.41, 5.74) is 0.613. The van der Waals surface area contributed by atoms with E-state index in [-0.39, 0.29) is 58.5 Å². The van der Waals surface area contributed by atoms with Crippen LogP contribution in [0.2, 0.25) is 0 Å². The van der Waals surface area contributed by atoms with Gasteiger partial charge in [-0.2, -0.15) is 0 Å². The first-order valence-electron chi connectivity index (χ1n) is 10.3. The Morgan fingerprint density at radius 3 is 2.07 bits per heavy atom. The summed E-state index contributed by atoms with van der Waals surface area (Å²) in [4.78, 5) is 40.7. The molecule has 0 aromatic heterocycles. The van der Waals surface area contributed by atoms with Crippen molar-refractivity contribution >= 4 is 27.6 Å². The lowest BCUT2D eigenvalue weighted by molar-refractivity contribution is -0.148. The molecule has 0 unspecified atom stereocenters. The summed E-state index contributed by atoms with van der Waals surface area (Å²) in [6.45, 7) is 3.91. The highest BCUT2D eigenvalue weighted by Gasteiger charge is 2.60. The molecule has 0 radical (unpaired) electrons. The van der Waals surface area contributed by atoms with Gasteiger partial charge in [-0.3, -0.25) is 19.3 Å². The Balaban J connectivity index is 1.56. The molecule has 2 bridgehead atoms. The minimum absolute atomic E-state index is 0.0137. The molecule has 1 aliphatic heterocycles. The normalized spacial score (nSPS) is 28.5. The maximum atomic E-state index is 13.2. The molecule has 0 spiro atoms. The van der Waals surface area contributed by atoms with Crippen molar-refractivity contribution < 1.29 is 22.8 Å². The number of allylic oxidation sites excluding steroid dienone is 2. The van der Waals surface area contributed by atoms with Gasteiger partial charge >= 0.3 is 0 Å². The summed E-state index contributed by atoms with van der Waals surface area (Å²) in [6.07, 6.45) is 5.34. The fraction of sp³-hybridized carbons (Fsp3) is 0.500. The lowest BCUT2D eigenvalue weighted by Gasteiger charge is -2.28. The van der Waals surface area contributed by atoms with Crippen molar-refractivity contribution in [3.8, 4) is 0 Å². The van der Waals surface area contributed by atoms with Crippen LogP contribution >= 0.6 is 0 Å². The number of ketones is 1. The number of fused-ring (bicyclic) bond motifs is 5. The number of rotatable bonds is 7. The molecule has 1 aromatic rings. The van der Waals surface area contributed by atoms with Gasteiger partial charge in [0.25, 0.3) is 0 Å². The van der Waals surface area contributed by atoms with E-state index in [2.05, 4.69) is 0 Å². The van der Waals surface area contributed by atoms with Crippen LogP contribution in [-0.4, -0.2) is 37.0 Å². The van der Waals surface area contributed by atoms with Crippen LogP contribution in [0.15, 0.2) is 41.3 Å². The summed E-state index contributed by atoms with van der Waals surface area (Å²) in [7, 11) is -3.81. The SMILES string of the molecule is CC(C)C[C@H](C(=O)Cc1ccc(S(N)(=O)=O)cc1)N1C(=O)[C@H]2[C@H](C1=O)[C@H]1C=C[C@H]2C1. The number of carbonyl (C=O) groups is 3. The Bertz CT molecular complexity index is 998. The van der Waals surface area contributed by atoms with Gasteiger partial charge < -0.3 is 0 Å². The average molecular weight is 431 g/mol. The van der Waals surface area contributed by atoms with E-state index < -0.39 is 16.1 Å². The number of primary sulfonamides is 1. The Hall–Kier alpha value is -2.32. The van der Waals surface area contributed by atoms with E-state index in [1.165, 1.54) is 29.2 Å². The average Bonchev–Trinajstić information content (AvgIpc) is 3.33. The van der Waals surface area contributed by atoms with Gasteiger partial charge in [-0.1, -0.05) is 38.1 Å². The molecule has 7 nitrogen and oxygen atoms in total. The summed E-state index contributed by atoms with van der Waals surface area (Å²) >= 11 is 0. The third-order valence-corrected chi connectivity index (χ3v) is 7.44. The molecular formula is C22H26N2O5S. The summed E-state index contributed by atoms with van der Waals surface area (Å²) in [6, 6.07) is 4.99. The molecule has 2 amide bonds. The molecule has 5 atom stereocenters. The fourth-order valence-electron chi connectivity index (χ4n) is 5.18. The summed E-state index contributed by atoms with van der Waals surface area (Å²) in [5, 5.41) is 5.12. The number of likely N-dealkylation sites (tertiary alicyclic amines) is 1. The molecule has 2 N–H and O–H groups in total. The molecule has 4 rings (SSSR count). The van der Waals surface area contributed by atoms with Crippen LogP contribution in [0.1, 0.15) is 32.3 Å². The van der Waals surface area contributed by atoms with Gasteiger partial charge in [-0.15, -0.1) is 0 Å². The lowest BCUT2D eigenvalue weighted by atomic mass is 9.85. The monoisotopic (exact) mass is 430 g/mol. The third-order valence-electron chi connectivity index (χ3n) is 6.51. The highest BCUT2D eigenvalue weighted by molar-refractivity contribution is 7.89. The molecule has 30 heavy (non-hydrogen) atoms. The number of nitrogens with zero attached hydrogens (tertiary/aromatic N) is 1. The molecule has 1 aromatic carbocycles. The van der Waals surface area contributed by atoms with Crippen molar-refractivity contribution in [3.05, 3.63) is 42.0 Å². The van der Waals surface area contributed by atoms with Crippen LogP contribution in [-0.2, 0) is 30.8 Å². The Labute approximate surface area is 176 Å². The maximum Gasteiger partial charge on any atom is 0.238 e. The molecule has 160 valence electrons. The first-order valence-corrected chi connectivity index (χ1v) is 11.8. The zero-order valence-corrected chi connectivity index (χ0v) is 17.8. The number of amides is 2. The van der Waals surface area contributed by atoms with Crippen LogP contribution in [0.3, 0.4) is 0 Å². The number of hydrogen-bond donors (Lipinski definition) is 1. The molecule has 2 aliphatic carbocycles. The minimum Gasteiger partial charge on any atom is -0.297 e. The van der Waals surface area contributed by atoms with Gasteiger partial charge in [-0.25, -0.2) is 13.6 Å². The summed E-state index contributed by atoms with van der Waals surface area (Å²) in [5.74, 6) is -0.985. The molecular weight excluding hydrogens is 404 g/mol. The standard InChI is InChI=1S/C22H26N2O5S/c1-12(2)9-17(18(25)10-13-3-7-16(8-4-13)30(23,28)29)24-21(26)19-14-5-6-15(11-14)20(19)22(24)27/h3-8,12,14-15,17,19-20H,9-11H2,1-2H3,(H2,23,28,29)/t14-,15-,17+,19+,20+/m0/s1. The van der Waals surface area contributed by atoms with E-state index in [0.717, 1.165) is 6.42 Å². The first kappa shape index (κ1) is 20.9. The van der Waals surface area contributed by atoms with E-state index in [4.69, 9.17) is 5.14 Å². The Morgan fingerprint density at radius 1 is 1.07 bits per heavy atom. The fourth-order valence-corrected chi connectivity index (χ4v) is 5.69. The first-order chi connectivity index (χ1) is 14.1. The number of Topliss-reactive ketones (excluding diaryl/α,β-unsaturated/α-hetero) is 1. The minimum atomic E-state index is -3.81. The van der Waals surface area contributed by atoms with Crippen LogP contribution in [0.5, 0.6) is 0 Å². The topological polar surface area (TPSA) is 115 Å². The highest BCUT2D eigenvalue weighted by atomic mass is 32.2. The molecule has 1 heterocycles. The van der Waals surface area contributed by atoms with Crippen molar-refractivity contribution in [2.45, 2.75) is 44.0 Å². The van der Waals surface area contributed by atoms with E-state index in [0.29, 0.717) is 12.0 Å². The second kappa shape index (κ2) is 7.42. The van der Waals surface area contributed by atoms with Crippen molar-refractivity contribution in [3.63, 3.8) is 0 Å². The smallest absolute Gasteiger partial charge is 0.238 e. The largest absolute Gasteiger partial charge is 0.297 e. The van der Waals surface area contributed by atoms with Gasteiger partial charge in [0.1, 0.15) is 0 Å². The zero-order chi connectivity index (χ0) is 21.8. The number of sulfonamides is 1. The zero-order valence-electron chi connectivity index (χ0n) is 17.0. The van der Waals surface area contributed by atoms with Gasteiger partial charge in [0.15, 0.2) is 5.78 Å². The van der Waals surface area contributed by atoms with Crippen molar-refractivity contribution in [1.82, 2.24) is 4.90 Å². The second-order valence-corrected chi connectivity index (χ2v) is 10.6. The Morgan fingerprint density at radius 2 is 1.60 bits per heavy atom. The summed E-state index contributed by atoms with van der Waals surface area (Å²) < 4.78 is 22.8. The van der Waals surface area contributed by atoms with Crippen LogP contribution in [0.25, 0.3) is 0 Å². The molecule has 1 saturated heterocycles. The van der Waals surface area contributed by atoms with Gasteiger partial charge in [0, 0.05) is 6.42 Å². The molecule has 2 fully saturated rings. The number of imide groups is 1. The van der Waals surface area contributed by atoms with Gasteiger partial charge in [-0.05, 0) is 48.3 Å². The number of nitrogens with two attached hydrogens (primary N) is 1. The predicted octanol–water partition coefficient (Wildman–Crippen LogP) is 1.67. The van der Waals surface area contributed by atoms with Crippen LogP contribution < -0.4 is 5.14 Å². The maximum absolute atomic E-state index is 13.2. The third kappa shape index (κ3) is 3.52. The van der Waals surface area contributed by atoms with Crippen molar-refractivity contribution in [2.75, 3.05) is 0 Å². The number of carbonyl (C=O) groups excluding carboxylic acids is 3. The Kier molecular flexibility index (Phi) is 5.18. The molecule has 1 saturated carbocycles. The van der Waals surface area contributed by atoms with E-state index in [1.54, 1.807) is 0 Å². The predicted molar refractivity (Wildman–Crippen MR) is 109 cm³/mol. The van der Waals surface area contributed by atoms with Crippen LogP contribution in [0.4, 0.5) is 0 Å². The van der Waals surface area contributed by atoms with Crippen LogP contribution in [0, 0.1) is 29.6 Å². The molecule has 8 heteroatoms. The number of benzene rings is 1. The second-order valence-electron chi connectivity index (χ2n) is 9.02. The van der Waals surface area contributed by atoms with Crippen molar-refractivity contribution in [1.29, 1.82) is 0 Å².